The molecule has 0 saturated heterocycles. The largest absolute Gasteiger partial charge is 0.493 e. The Labute approximate surface area is 198 Å². The number of rotatable bonds is 9. The number of hydrogen-bond acceptors (Lipinski definition) is 10. The lowest BCUT2D eigenvalue weighted by molar-refractivity contribution is 0.324. The van der Waals surface area contributed by atoms with Gasteiger partial charge in [0.05, 0.1) is 71.2 Å². The van der Waals surface area contributed by atoms with Gasteiger partial charge in [0.1, 0.15) is 0 Å². The molecule has 0 atom stereocenters. The first-order chi connectivity index (χ1) is 16.4. The molecule has 1 aliphatic carbocycles. The lowest BCUT2D eigenvalue weighted by Gasteiger charge is -2.19. The molecule has 0 amide bonds. The van der Waals surface area contributed by atoms with Crippen LogP contribution >= 0.6 is 0 Å². The molecule has 0 heterocycles. The molecule has 180 valence electrons. The highest BCUT2D eigenvalue weighted by molar-refractivity contribution is 6.23. The molecule has 0 radical (unpaired) electrons. The van der Waals surface area contributed by atoms with Crippen LogP contribution in [0.15, 0.2) is 52.8 Å². The second kappa shape index (κ2) is 10.5. The van der Waals surface area contributed by atoms with E-state index in [9.17, 15) is 0 Å². The normalized spacial score (nSPS) is 14.2. The number of methoxy groups -OCH3 is 6. The zero-order valence-corrected chi connectivity index (χ0v) is 19.9. The number of allylic oxidation sites excluding steroid dienone is 2. The minimum absolute atomic E-state index is 0.190. The third kappa shape index (κ3) is 4.85. The Bertz CT molecular complexity index is 1140. The molecule has 0 unspecified atom stereocenters. The smallest absolute Gasteiger partial charge is 0.203 e. The summed E-state index contributed by atoms with van der Waals surface area (Å²) in [5.74, 6) is 2.82. The van der Waals surface area contributed by atoms with Crippen molar-refractivity contribution in [2.24, 2.45) is 10.7 Å². The summed E-state index contributed by atoms with van der Waals surface area (Å²) in [6.07, 6.45) is 3.21. The van der Waals surface area contributed by atoms with Gasteiger partial charge >= 0.3 is 0 Å². The summed E-state index contributed by atoms with van der Waals surface area (Å²) >= 11 is 0. The second-order valence-corrected chi connectivity index (χ2v) is 6.99. The fourth-order valence-electron chi connectivity index (χ4n) is 3.38. The summed E-state index contributed by atoms with van der Waals surface area (Å²) in [5, 5.41) is 11.6. The maximum absolute atomic E-state index is 8.37. The fraction of sp³-hybridized carbons (Fsp3) is 0.250. The van der Waals surface area contributed by atoms with Gasteiger partial charge in [0, 0.05) is 30.0 Å². The molecule has 0 fully saturated rings. The van der Waals surface area contributed by atoms with E-state index in [4.69, 9.17) is 39.6 Å². The van der Waals surface area contributed by atoms with Crippen LogP contribution in [0, 0.1) is 5.41 Å². The molecule has 0 bridgehead atoms. The third-order valence-corrected chi connectivity index (χ3v) is 5.01. The van der Waals surface area contributed by atoms with Gasteiger partial charge in [0.2, 0.25) is 11.5 Å². The first kappa shape index (κ1) is 24.3. The number of nitrogens with two attached hydrogens (primary N) is 1. The van der Waals surface area contributed by atoms with Crippen LogP contribution in [0.3, 0.4) is 0 Å². The zero-order valence-electron chi connectivity index (χ0n) is 19.9. The summed E-state index contributed by atoms with van der Waals surface area (Å²) < 4.78 is 32.3. The SMILES string of the molecule is COc1cc(N=C2C=C(Nc3cc(OC)c(OC)c(OC)c3)C(=N)C=C2N)cc(OC)c1OC. The second-order valence-electron chi connectivity index (χ2n) is 6.99. The minimum Gasteiger partial charge on any atom is -0.493 e. The molecule has 0 aromatic heterocycles. The summed E-state index contributed by atoms with van der Waals surface area (Å²) in [5.41, 5.74) is 8.81. The molecule has 0 saturated carbocycles. The van der Waals surface area contributed by atoms with Crippen molar-refractivity contribution in [1.29, 1.82) is 5.41 Å². The lowest BCUT2D eigenvalue weighted by Crippen LogP contribution is -2.21. The molecule has 4 N–H and O–H groups in total. The van der Waals surface area contributed by atoms with Crippen molar-refractivity contribution in [2.75, 3.05) is 48.0 Å². The molecule has 2 aromatic rings. The van der Waals surface area contributed by atoms with Crippen molar-refractivity contribution in [2.45, 2.75) is 0 Å². The van der Waals surface area contributed by atoms with Crippen molar-refractivity contribution in [3.05, 3.63) is 47.8 Å². The average Bonchev–Trinajstić information content (AvgIpc) is 2.85. The Morgan fingerprint density at radius 1 is 0.706 bits per heavy atom. The minimum atomic E-state index is 0.190. The van der Waals surface area contributed by atoms with Crippen LogP contribution in [0.25, 0.3) is 0 Å². The average molecular weight is 469 g/mol. The number of nitrogens with zero attached hydrogens (tertiary/aromatic N) is 1. The number of ether oxygens (including phenoxy) is 6. The Hall–Kier alpha value is -4.34. The zero-order chi connectivity index (χ0) is 24.8. The number of benzene rings is 2. The summed E-state index contributed by atoms with van der Waals surface area (Å²) in [7, 11) is 9.20. The van der Waals surface area contributed by atoms with Crippen LogP contribution in [0.1, 0.15) is 0 Å². The van der Waals surface area contributed by atoms with E-state index in [1.807, 2.05) is 0 Å². The van der Waals surface area contributed by atoms with Crippen LogP contribution in [0.5, 0.6) is 34.5 Å². The van der Waals surface area contributed by atoms with E-state index >= 15 is 0 Å². The molecular formula is C24H28N4O6. The van der Waals surface area contributed by atoms with Crippen molar-refractivity contribution in [1.82, 2.24) is 0 Å². The molecule has 0 spiro atoms. The molecule has 3 rings (SSSR count). The first-order valence-electron chi connectivity index (χ1n) is 10.1. The van der Waals surface area contributed by atoms with Crippen molar-refractivity contribution in [3.8, 4) is 34.5 Å². The highest BCUT2D eigenvalue weighted by atomic mass is 16.5. The standard InChI is InChI=1S/C24H28N4O6/c1-29-19-7-13(8-20(30-2)23(19)33-5)27-17-12-18(16(26)11-15(17)25)28-14-9-21(31-3)24(34-6)22(10-14)32-4/h7-12,25,27H,26H2,1-6H3. The van der Waals surface area contributed by atoms with E-state index in [2.05, 4.69) is 10.3 Å². The van der Waals surface area contributed by atoms with Gasteiger partial charge in [0.15, 0.2) is 23.0 Å². The van der Waals surface area contributed by atoms with E-state index in [1.54, 1.807) is 30.3 Å². The first-order valence-corrected chi connectivity index (χ1v) is 10.1. The maximum atomic E-state index is 8.37. The fourth-order valence-corrected chi connectivity index (χ4v) is 3.38. The number of aliphatic imine (C=N–C) groups is 1. The van der Waals surface area contributed by atoms with E-state index in [-0.39, 0.29) is 5.71 Å². The molecule has 2 aromatic carbocycles. The van der Waals surface area contributed by atoms with E-state index in [0.717, 1.165) is 0 Å². The van der Waals surface area contributed by atoms with Gasteiger partial charge in [-0.05, 0) is 12.2 Å². The van der Waals surface area contributed by atoms with Crippen LogP contribution in [-0.4, -0.2) is 54.1 Å². The highest BCUT2D eigenvalue weighted by Crippen LogP contribution is 2.42. The predicted octanol–water partition coefficient (Wildman–Crippen LogP) is 3.68. The van der Waals surface area contributed by atoms with Gasteiger partial charge in [-0.2, -0.15) is 0 Å². The Morgan fingerprint density at radius 2 is 1.18 bits per heavy atom. The van der Waals surface area contributed by atoms with Gasteiger partial charge in [-0.15, -0.1) is 0 Å². The quantitative estimate of drug-likeness (QED) is 0.475. The molecule has 10 heteroatoms. The molecule has 10 nitrogen and oxygen atoms in total. The Morgan fingerprint density at radius 3 is 1.62 bits per heavy atom. The summed E-state index contributed by atoms with van der Waals surface area (Å²) in [4.78, 5) is 4.64. The van der Waals surface area contributed by atoms with E-state index < -0.39 is 0 Å². The van der Waals surface area contributed by atoms with Crippen LogP contribution in [0.2, 0.25) is 0 Å². The van der Waals surface area contributed by atoms with Crippen molar-refractivity contribution < 1.29 is 28.4 Å². The summed E-state index contributed by atoms with van der Waals surface area (Å²) in [6, 6.07) is 6.91. The van der Waals surface area contributed by atoms with Crippen molar-refractivity contribution in [3.63, 3.8) is 0 Å². The predicted molar refractivity (Wildman–Crippen MR) is 131 cm³/mol. The number of nitrogens with one attached hydrogen (secondary N) is 2. The van der Waals surface area contributed by atoms with Gasteiger partial charge in [-0.3, -0.25) is 5.41 Å². The molecule has 1 aliphatic rings. The highest BCUT2D eigenvalue weighted by Gasteiger charge is 2.19. The molecular weight excluding hydrogens is 440 g/mol. The summed E-state index contributed by atoms with van der Waals surface area (Å²) in [6.45, 7) is 0. The number of anilines is 1. The van der Waals surface area contributed by atoms with E-state index in [0.29, 0.717) is 63.0 Å². The van der Waals surface area contributed by atoms with Gasteiger partial charge in [-0.1, -0.05) is 0 Å². The van der Waals surface area contributed by atoms with E-state index in [1.165, 1.54) is 48.7 Å². The Kier molecular flexibility index (Phi) is 7.52. The number of hydrogen-bond donors (Lipinski definition) is 3. The molecule has 34 heavy (non-hydrogen) atoms. The topological polar surface area (TPSA) is 130 Å². The van der Waals surface area contributed by atoms with Gasteiger partial charge in [-0.25, -0.2) is 4.99 Å². The van der Waals surface area contributed by atoms with Crippen LogP contribution in [-0.2, 0) is 0 Å². The van der Waals surface area contributed by atoms with Gasteiger partial charge in [0.25, 0.3) is 0 Å². The molecule has 0 aliphatic heterocycles. The van der Waals surface area contributed by atoms with Crippen LogP contribution < -0.4 is 39.5 Å². The third-order valence-electron chi connectivity index (χ3n) is 5.01. The maximum Gasteiger partial charge on any atom is 0.203 e. The van der Waals surface area contributed by atoms with Gasteiger partial charge < -0.3 is 39.5 Å². The lowest BCUT2D eigenvalue weighted by atomic mass is 10.0. The van der Waals surface area contributed by atoms with Crippen LogP contribution in [0.4, 0.5) is 11.4 Å². The Balaban J connectivity index is 2.02. The van der Waals surface area contributed by atoms with Crippen molar-refractivity contribution >= 4 is 22.8 Å². The monoisotopic (exact) mass is 468 g/mol.